The highest BCUT2D eigenvalue weighted by Crippen LogP contribution is 2.15. The minimum atomic E-state index is -3.37. The molecule has 8 heteroatoms. The molecule has 1 aliphatic heterocycles. The van der Waals surface area contributed by atoms with Crippen molar-refractivity contribution in [3.05, 3.63) is 65.2 Å². The predicted octanol–water partition coefficient (Wildman–Crippen LogP) is 2.65. The number of hydrogen-bond acceptors (Lipinski definition) is 5. The summed E-state index contributed by atoms with van der Waals surface area (Å²) in [5.74, 6) is -0.480. The average molecular weight is 402 g/mol. The van der Waals surface area contributed by atoms with Crippen LogP contribution >= 0.6 is 0 Å². The third-order valence-electron chi connectivity index (χ3n) is 4.39. The first-order valence-electron chi connectivity index (χ1n) is 8.95. The number of ether oxygens (including phenoxy) is 1. The molecule has 0 aliphatic carbocycles. The van der Waals surface area contributed by atoms with Gasteiger partial charge in [-0.25, -0.2) is 13.2 Å². The molecule has 0 unspecified atom stereocenters. The smallest absolute Gasteiger partial charge is 0.338 e. The molecule has 0 bridgehead atoms. The first-order valence-corrected chi connectivity index (χ1v) is 10.8. The Balaban J connectivity index is 1.54. The van der Waals surface area contributed by atoms with Crippen LogP contribution in [0.3, 0.4) is 0 Å². The molecule has 148 valence electrons. The molecule has 0 aromatic heterocycles. The Morgan fingerprint density at radius 3 is 2.11 bits per heavy atom. The predicted molar refractivity (Wildman–Crippen MR) is 106 cm³/mol. The van der Waals surface area contributed by atoms with Crippen molar-refractivity contribution in [2.24, 2.45) is 0 Å². The van der Waals surface area contributed by atoms with Crippen molar-refractivity contribution in [2.45, 2.75) is 19.4 Å². The molecule has 1 aliphatic rings. The zero-order valence-electron chi connectivity index (χ0n) is 15.6. The van der Waals surface area contributed by atoms with Crippen molar-refractivity contribution in [3.63, 3.8) is 0 Å². The second kappa shape index (κ2) is 8.43. The summed E-state index contributed by atoms with van der Waals surface area (Å²) in [4.78, 5) is 26.3. The van der Waals surface area contributed by atoms with Gasteiger partial charge in [-0.1, -0.05) is 12.1 Å². The molecular formula is C20H22N2O5S. The first-order chi connectivity index (χ1) is 13.3. The molecule has 0 radical (unpaired) electrons. The maximum Gasteiger partial charge on any atom is 0.338 e. The van der Waals surface area contributed by atoms with Crippen molar-refractivity contribution in [3.8, 4) is 0 Å². The molecule has 1 fully saturated rings. The summed E-state index contributed by atoms with van der Waals surface area (Å²) in [5.41, 5.74) is 2.10. The van der Waals surface area contributed by atoms with E-state index in [1.165, 1.54) is 24.3 Å². The minimum absolute atomic E-state index is 0.0313. The number of benzene rings is 2. The standard InChI is InChI=1S/C20H22N2O5S/c1-28(25,26)21-18-10-8-17(9-11-18)20(24)27-14-15-4-6-16(7-5-15)19(23)22-12-2-3-13-22/h4-11,21H,2-3,12-14H2,1H3. The number of nitrogens with zero attached hydrogens (tertiary/aromatic N) is 1. The van der Waals surface area contributed by atoms with Gasteiger partial charge in [0.2, 0.25) is 10.0 Å². The average Bonchev–Trinajstić information content (AvgIpc) is 3.20. The highest BCUT2D eigenvalue weighted by atomic mass is 32.2. The van der Waals surface area contributed by atoms with Crippen molar-refractivity contribution in [1.82, 2.24) is 4.90 Å². The number of likely N-dealkylation sites (tertiary alicyclic amines) is 1. The van der Waals surface area contributed by atoms with Crippen LogP contribution in [0.1, 0.15) is 39.1 Å². The number of carbonyl (C=O) groups excluding carboxylic acids is 2. The number of anilines is 1. The van der Waals surface area contributed by atoms with Crippen LogP contribution in [-0.2, 0) is 21.4 Å². The lowest BCUT2D eigenvalue weighted by atomic mass is 10.1. The number of esters is 1. The van der Waals surface area contributed by atoms with E-state index in [2.05, 4.69) is 4.72 Å². The van der Waals surface area contributed by atoms with Crippen LogP contribution in [0.4, 0.5) is 5.69 Å². The molecule has 1 saturated heterocycles. The van der Waals surface area contributed by atoms with Gasteiger partial charge in [-0.2, -0.15) is 0 Å². The van der Waals surface area contributed by atoms with E-state index in [4.69, 9.17) is 4.74 Å². The minimum Gasteiger partial charge on any atom is -0.457 e. The molecule has 1 heterocycles. The van der Waals surface area contributed by atoms with Gasteiger partial charge >= 0.3 is 5.97 Å². The van der Waals surface area contributed by atoms with Crippen LogP contribution in [0.15, 0.2) is 48.5 Å². The Morgan fingerprint density at radius 1 is 0.964 bits per heavy atom. The summed E-state index contributed by atoms with van der Waals surface area (Å²) >= 11 is 0. The van der Waals surface area contributed by atoms with Crippen LogP contribution in [0, 0.1) is 0 Å². The van der Waals surface area contributed by atoms with E-state index in [1.54, 1.807) is 24.3 Å². The SMILES string of the molecule is CS(=O)(=O)Nc1ccc(C(=O)OCc2ccc(C(=O)N3CCCC3)cc2)cc1. The van der Waals surface area contributed by atoms with Gasteiger partial charge in [0.25, 0.3) is 5.91 Å². The van der Waals surface area contributed by atoms with Crippen LogP contribution in [-0.4, -0.2) is 44.5 Å². The zero-order chi connectivity index (χ0) is 20.1. The molecular weight excluding hydrogens is 380 g/mol. The number of hydrogen-bond donors (Lipinski definition) is 1. The molecule has 2 aromatic rings. The summed E-state index contributed by atoms with van der Waals surface area (Å²) in [6.07, 6.45) is 3.15. The van der Waals surface area contributed by atoms with Crippen LogP contribution in [0.5, 0.6) is 0 Å². The molecule has 0 saturated carbocycles. The number of rotatable bonds is 6. The summed E-state index contributed by atoms with van der Waals surface area (Å²) < 4.78 is 30.0. The summed E-state index contributed by atoms with van der Waals surface area (Å²) in [5, 5.41) is 0. The van der Waals surface area contributed by atoms with E-state index in [-0.39, 0.29) is 12.5 Å². The highest BCUT2D eigenvalue weighted by molar-refractivity contribution is 7.92. The van der Waals surface area contributed by atoms with Gasteiger partial charge in [-0.05, 0) is 54.8 Å². The highest BCUT2D eigenvalue weighted by Gasteiger charge is 2.19. The molecule has 1 N–H and O–H groups in total. The maximum absolute atomic E-state index is 12.3. The fourth-order valence-electron chi connectivity index (χ4n) is 2.97. The Morgan fingerprint density at radius 2 is 1.54 bits per heavy atom. The van der Waals surface area contributed by atoms with Gasteiger partial charge in [0, 0.05) is 24.3 Å². The Kier molecular flexibility index (Phi) is 5.99. The van der Waals surface area contributed by atoms with Crippen molar-refractivity contribution in [2.75, 3.05) is 24.1 Å². The molecule has 0 atom stereocenters. The monoisotopic (exact) mass is 402 g/mol. The summed E-state index contributed by atoms with van der Waals surface area (Å²) in [6.45, 7) is 1.69. The molecule has 3 rings (SSSR count). The lowest BCUT2D eigenvalue weighted by molar-refractivity contribution is 0.0472. The van der Waals surface area contributed by atoms with Crippen LogP contribution in [0.25, 0.3) is 0 Å². The quantitative estimate of drug-likeness (QED) is 0.750. The van der Waals surface area contributed by atoms with Gasteiger partial charge in [0.15, 0.2) is 0 Å². The largest absolute Gasteiger partial charge is 0.457 e. The van der Waals surface area contributed by atoms with Gasteiger partial charge in [0.1, 0.15) is 6.61 Å². The van der Waals surface area contributed by atoms with E-state index >= 15 is 0 Å². The topological polar surface area (TPSA) is 92.8 Å². The second-order valence-corrected chi connectivity index (χ2v) is 8.47. The van der Waals surface area contributed by atoms with Gasteiger partial charge in [0.05, 0.1) is 11.8 Å². The number of sulfonamides is 1. The van der Waals surface area contributed by atoms with E-state index in [0.717, 1.165) is 37.8 Å². The van der Waals surface area contributed by atoms with Gasteiger partial charge in [-0.3, -0.25) is 9.52 Å². The maximum atomic E-state index is 12.3. The number of nitrogens with one attached hydrogen (secondary N) is 1. The van der Waals surface area contributed by atoms with Crippen LogP contribution < -0.4 is 4.72 Å². The van der Waals surface area contributed by atoms with Crippen molar-refractivity contribution >= 4 is 27.6 Å². The summed E-state index contributed by atoms with van der Waals surface area (Å²) in [6, 6.07) is 13.0. The fraction of sp³-hybridized carbons (Fsp3) is 0.300. The molecule has 2 aromatic carbocycles. The van der Waals surface area contributed by atoms with Gasteiger partial charge < -0.3 is 9.64 Å². The molecule has 0 spiro atoms. The Hall–Kier alpha value is -2.87. The van der Waals surface area contributed by atoms with Crippen molar-refractivity contribution in [1.29, 1.82) is 0 Å². The van der Waals surface area contributed by atoms with Crippen LogP contribution in [0.2, 0.25) is 0 Å². The zero-order valence-corrected chi connectivity index (χ0v) is 16.4. The van der Waals surface area contributed by atoms with E-state index < -0.39 is 16.0 Å². The molecule has 28 heavy (non-hydrogen) atoms. The van der Waals surface area contributed by atoms with E-state index in [9.17, 15) is 18.0 Å². The number of carbonyl (C=O) groups is 2. The Labute approximate surface area is 164 Å². The van der Waals surface area contributed by atoms with E-state index in [0.29, 0.717) is 16.8 Å². The lowest BCUT2D eigenvalue weighted by Crippen LogP contribution is -2.27. The normalized spacial score (nSPS) is 14.0. The van der Waals surface area contributed by atoms with Crippen molar-refractivity contribution < 1.29 is 22.7 Å². The van der Waals surface area contributed by atoms with Gasteiger partial charge in [-0.15, -0.1) is 0 Å². The molecule has 7 nitrogen and oxygen atoms in total. The fourth-order valence-corrected chi connectivity index (χ4v) is 3.53. The Bertz CT molecular complexity index is 947. The number of amides is 1. The molecule has 1 amide bonds. The van der Waals surface area contributed by atoms with E-state index in [1.807, 2.05) is 4.90 Å². The first kappa shape index (κ1) is 19.9. The second-order valence-electron chi connectivity index (χ2n) is 6.72. The third-order valence-corrected chi connectivity index (χ3v) is 4.99. The summed E-state index contributed by atoms with van der Waals surface area (Å²) in [7, 11) is -3.37. The lowest BCUT2D eigenvalue weighted by Gasteiger charge is -2.15. The third kappa shape index (κ3) is 5.32.